The van der Waals surface area contributed by atoms with Crippen LogP contribution in [0.2, 0.25) is 0 Å². The fourth-order valence-corrected chi connectivity index (χ4v) is 8.17. The minimum atomic E-state index is -0.441. The normalized spacial score (nSPS) is 30.9. The predicted octanol–water partition coefficient (Wildman–Crippen LogP) is 6.83. The Morgan fingerprint density at radius 2 is 1.46 bits per heavy atom. The van der Waals surface area contributed by atoms with Crippen molar-refractivity contribution in [3.8, 4) is 0 Å². The van der Waals surface area contributed by atoms with Crippen molar-refractivity contribution in [2.24, 2.45) is 11.8 Å². The maximum Gasteiger partial charge on any atom is 0.228 e. The van der Waals surface area contributed by atoms with E-state index in [4.69, 9.17) is 0 Å². The molecule has 3 aromatic rings. The Hall–Kier alpha value is -3.39. The van der Waals surface area contributed by atoms with Gasteiger partial charge in [-0.15, -0.1) is 13.2 Å². The molecule has 3 aliphatic carbocycles. The molecule has 4 aliphatic rings. The molecule has 0 radical (unpaired) electrons. The van der Waals surface area contributed by atoms with Crippen molar-refractivity contribution in [2.75, 3.05) is 6.54 Å². The molecule has 0 aromatic heterocycles. The summed E-state index contributed by atoms with van der Waals surface area (Å²) in [5, 5.41) is 0. The van der Waals surface area contributed by atoms with Crippen molar-refractivity contribution in [3.63, 3.8) is 0 Å². The smallest absolute Gasteiger partial charge is 0.228 e. The summed E-state index contributed by atoms with van der Waals surface area (Å²) in [4.78, 5) is 16.7. The monoisotopic (exact) mass is 459 g/mol. The highest BCUT2D eigenvalue weighted by Gasteiger charge is 2.71. The molecule has 0 unspecified atom stereocenters. The van der Waals surface area contributed by atoms with Crippen LogP contribution in [0.5, 0.6) is 0 Å². The van der Waals surface area contributed by atoms with Gasteiger partial charge in [0.2, 0.25) is 5.91 Å². The van der Waals surface area contributed by atoms with E-state index in [1.807, 2.05) is 12.2 Å². The SMILES string of the molecule is C=CCN1C(=O)[C@@H]2[C@@H](C3c4ccccc4C2([C@H](C)c2ccccc2)c2ccccc23)[C@]1(C)CC=C. The second-order valence-electron chi connectivity index (χ2n) is 10.7. The number of rotatable bonds is 6. The predicted molar refractivity (Wildman–Crippen MR) is 142 cm³/mol. The number of carbonyl (C=O) groups is 1. The fraction of sp³-hybridized carbons (Fsp3) is 0.303. The second-order valence-corrected chi connectivity index (χ2v) is 10.7. The highest BCUT2D eigenvalue weighted by atomic mass is 16.2. The number of hydrogen-bond acceptors (Lipinski definition) is 1. The summed E-state index contributed by atoms with van der Waals surface area (Å²) in [5.74, 6) is 0.582. The molecule has 2 heteroatoms. The third-order valence-electron chi connectivity index (χ3n) is 9.41. The van der Waals surface area contributed by atoms with Gasteiger partial charge in [0.05, 0.1) is 5.92 Å². The van der Waals surface area contributed by atoms with E-state index in [-0.39, 0.29) is 35.1 Å². The van der Waals surface area contributed by atoms with E-state index in [9.17, 15) is 4.79 Å². The van der Waals surface area contributed by atoms with Crippen molar-refractivity contribution in [2.45, 2.75) is 43.1 Å². The minimum Gasteiger partial charge on any atom is -0.333 e. The lowest BCUT2D eigenvalue weighted by Crippen LogP contribution is -2.57. The number of benzene rings is 3. The molecular weight excluding hydrogens is 426 g/mol. The zero-order valence-electron chi connectivity index (χ0n) is 20.7. The highest BCUT2D eigenvalue weighted by molar-refractivity contribution is 5.89. The summed E-state index contributed by atoms with van der Waals surface area (Å²) in [7, 11) is 0. The molecule has 4 atom stereocenters. The van der Waals surface area contributed by atoms with Crippen LogP contribution >= 0.6 is 0 Å². The highest BCUT2D eigenvalue weighted by Crippen LogP contribution is 2.70. The van der Waals surface area contributed by atoms with E-state index < -0.39 is 5.41 Å². The lowest BCUT2D eigenvalue weighted by molar-refractivity contribution is -0.134. The van der Waals surface area contributed by atoms with Gasteiger partial charge in [0.25, 0.3) is 0 Å². The molecule has 1 saturated heterocycles. The van der Waals surface area contributed by atoms with Crippen molar-refractivity contribution >= 4 is 5.91 Å². The van der Waals surface area contributed by atoms with Gasteiger partial charge in [-0.2, -0.15) is 0 Å². The maximum atomic E-state index is 14.6. The molecule has 1 amide bonds. The second kappa shape index (κ2) is 7.81. The summed E-state index contributed by atoms with van der Waals surface area (Å²) in [6.45, 7) is 13.3. The van der Waals surface area contributed by atoms with Gasteiger partial charge in [-0.05, 0) is 47.1 Å². The summed E-state index contributed by atoms with van der Waals surface area (Å²) in [6, 6.07) is 28.6. The Labute approximate surface area is 209 Å². The first-order valence-electron chi connectivity index (χ1n) is 12.8. The van der Waals surface area contributed by atoms with Crippen LogP contribution in [0.15, 0.2) is 104 Å². The van der Waals surface area contributed by atoms with Crippen LogP contribution in [0.4, 0.5) is 0 Å². The zero-order valence-corrected chi connectivity index (χ0v) is 20.7. The molecule has 0 saturated carbocycles. The van der Waals surface area contributed by atoms with Gasteiger partial charge in [-0.1, -0.05) is 97.9 Å². The Balaban J connectivity index is 1.74. The summed E-state index contributed by atoms with van der Waals surface area (Å²) in [5.41, 5.74) is 5.94. The van der Waals surface area contributed by atoms with Crippen LogP contribution in [-0.4, -0.2) is 22.9 Å². The van der Waals surface area contributed by atoms with Gasteiger partial charge in [0.15, 0.2) is 0 Å². The fourth-order valence-electron chi connectivity index (χ4n) is 8.17. The van der Waals surface area contributed by atoms with Gasteiger partial charge in [0.1, 0.15) is 0 Å². The zero-order chi connectivity index (χ0) is 24.4. The number of carbonyl (C=O) groups excluding carboxylic acids is 1. The molecule has 2 bridgehead atoms. The third-order valence-corrected chi connectivity index (χ3v) is 9.41. The van der Waals surface area contributed by atoms with Gasteiger partial charge in [-0.3, -0.25) is 4.79 Å². The number of hydrogen-bond donors (Lipinski definition) is 0. The van der Waals surface area contributed by atoms with Crippen LogP contribution in [0.1, 0.15) is 59.9 Å². The topological polar surface area (TPSA) is 20.3 Å². The van der Waals surface area contributed by atoms with E-state index in [1.165, 1.54) is 27.8 Å². The van der Waals surface area contributed by atoms with Gasteiger partial charge in [0, 0.05) is 29.3 Å². The average molecular weight is 460 g/mol. The molecule has 35 heavy (non-hydrogen) atoms. The van der Waals surface area contributed by atoms with Crippen LogP contribution in [0.3, 0.4) is 0 Å². The van der Waals surface area contributed by atoms with Gasteiger partial charge in [-0.25, -0.2) is 0 Å². The van der Waals surface area contributed by atoms with Crippen molar-refractivity contribution in [1.29, 1.82) is 0 Å². The molecule has 0 N–H and O–H groups in total. The molecule has 1 aliphatic heterocycles. The molecule has 2 nitrogen and oxygen atoms in total. The molecule has 1 fully saturated rings. The molecule has 0 spiro atoms. The molecule has 7 rings (SSSR count). The Bertz CT molecular complexity index is 1280. The van der Waals surface area contributed by atoms with Gasteiger partial charge >= 0.3 is 0 Å². The first-order chi connectivity index (χ1) is 17.0. The minimum absolute atomic E-state index is 0.125. The largest absolute Gasteiger partial charge is 0.333 e. The maximum absolute atomic E-state index is 14.6. The third kappa shape index (κ3) is 2.63. The lowest BCUT2D eigenvalue weighted by Gasteiger charge is -2.59. The van der Waals surface area contributed by atoms with Crippen LogP contribution in [0, 0.1) is 11.8 Å². The molecule has 1 heterocycles. The van der Waals surface area contributed by atoms with Crippen LogP contribution in [-0.2, 0) is 10.2 Å². The van der Waals surface area contributed by atoms with E-state index in [1.54, 1.807) is 0 Å². The number of amides is 1. The van der Waals surface area contributed by atoms with E-state index >= 15 is 0 Å². The molecule has 176 valence electrons. The standard InChI is InChI=1S/C33H33NO/c1-5-20-32(4)29-28-24-16-10-12-18-26(24)33(27-19-13-11-17-25(27)28,22(3)23-14-8-7-9-15-23)30(29)31(35)34(32)21-6-2/h5-19,22,28-30H,1-2,20-21H2,3-4H3/t22-,28?,29-,30+,32+,33?/m1/s1. The summed E-state index contributed by atoms with van der Waals surface area (Å²) < 4.78 is 0. The lowest BCUT2D eigenvalue weighted by atomic mass is 9.42. The molecular formula is C33H33NO. The Morgan fingerprint density at radius 1 is 0.886 bits per heavy atom. The first kappa shape index (κ1) is 22.1. The first-order valence-corrected chi connectivity index (χ1v) is 12.8. The van der Waals surface area contributed by atoms with Crippen molar-refractivity contribution in [3.05, 3.63) is 132 Å². The quantitative estimate of drug-likeness (QED) is 0.370. The van der Waals surface area contributed by atoms with Crippen LogP contribution < -0.4 is 0 Å². The van der Waals surface area contributed by atoms with Crippen molar-refractivity contribution < 1.29 is 4.79 Å². The van der Waals surface area contributed by atoms with E-state index in [0.717, 1.165) is 6.42 Å². The van der Waals surface area contributed by atoms with Crippen molar-refractivity contribution in [1.82, 2.24) is 4.90 Å². The summed E-state index contributed by atoms with van der Waals surface area (Å²) in [6.07, 6.45) is 4.65. The Kier molecular flexibility index (Phi) is 4.93. The summed E-state index contributed by atoms with van der Waals surface area (Å²) >= 11 is 0. The average Bonchev–Trinajstić information content (AvgIpc) is 3.12. The van der Waals surface area contributed by atoms with Gasteiger partial charge < -0.3 is 4.90 Å². The van der Waals surface area contributed by atoms with E-state index in [0.29, 0.717) is 6.54 Å². The number of nitrogens with zero attached hydrogens (tertiary/aromatic N) is 1. The Morgan fingerprint density at radius 3 is 2.03 bits per heavy atom. The molecule has 3 aromatic carbocycles. The number of likely N-dealkylation sites (tertiary alicyclic amines) is 1. The van der Waals surface area contributed by atoms with Crippen LogP contribution in [0.25, 0.3) is 0 Å². The van der Waals surface area contributed by atoms with E-state index in [2.05, 4.69) is 111 Å².